The number of hydrogen-bond acceptors (Lipinski definition) is 2. The second-order valence-electron chi connectivity index (χ2n) is 5.12. The van der Waals surface area contributed by atoms with Gasteiger partial charge in [0.1, 0.15) is 6.10 Å². The highest BCUT2D eigenvalue weighted by Gasteiger charge is 2.23. The summed E-state index contributed by atoms with van der Waals surface area (Å²) in [7, 11) is 0. The van der Waals surface area contributed by atoms with E-state index in [9.17, 15) is 4.79 Å². The number of nitrogens with one attached hydrogen (secondary N) is 1. The number of carbonyl (C=O) groups is 1. The lowest BCUT2D eigenvalue weighted by Crippen LogP contribution is -2.20. The van der Waals surface area contributed by atoms with Crippen molar-refractivity contribution in [3.05, 3.63) is 64.7 Å². The Bertz CT molecular complexity index is 657. The van der Waals surface area contributed by atoms with Crippen molar-refractivity contribution in [1.82, 2.24) is 0 Å². The topological polar surface area (TPSA) is 38.3 Å². The monoisotopic (exact) mass is 301 g/mol. The molecule has 1 N–H and O–H groups in total. The third-order valence-electron chi connectivity index (χ3n) is 3.63. The van der Waals surface area contributed by atoms with E-state index in [4.69, 9.17) is 16.3 Å². The lowest BCUT2D eigenvalue weighted by atomic mass is 9.89. The normalized spacial score (nSPS) is 16.9. The molecule has 0 heterocycles. The molecule has 1 aliphatic carbocycles. The number of fused-ring (bicyclic) bond motifs is 1. The Morgan fingerprint density at radius 3 is 2.90 bits per heavy atom. The first kappa shape index (κ1) is 14.0. The third-order valence-corrected chi connectivity index (χ3v) is 3.87. The van der Waals surface area contributed by atoms with Gasteiger partial charge in [0.15, 0.2) is 0 Å². The zero-order valence-electron chi connectivity index (χ0n) is 11.5. The Morgan fingerprint density at radius 2 is 2.05 bits per heavy atom. The molecule has 0 aromatic heterocycles. The molecule has 0 saturated carbocycles. The van der Waals surface area contributed by atoms with E-state index in [0.29, 0.717) is 10.7 Å². The van der Waals surface area contributed by atoms with Crippen molar-refractivity contribution < 1.29 is 9.53 Å². The molecular weight excluding hydrogens is 286 g/mol. The lowest BCUT2D eigenvalue weighted by Gasteiger charge is -2.25. The summed E-state index contributed by atoms with van der Waals surface area (Å²) < 4.78 is 5.57. The zero-order chi connectivity index (χ0) is 14.7. The van der Waals surface area contributed by atoms with Crippen molar-refractivity contribution in [1.29, 1.82) is 0 Å². The minimum Gasteiger partial charge on any atom is -0.441 e. The largest absolute Gasteiger partial charge is 0.441 e. The minimum absolute atomic E-state index is 0.172. The van der Waals surface area contributed by atoms with Gasteiger partial charge in [0, 0.05) is 10.7 Å². The maximum atomic E-state index is 12.0. The van der Waals surface area contributed by atoms with Gasteiger partial charge in [0.05, 0.1) is 0 Å². The molecule has 21 heavy (non-hydrogen) atoms. The van der Waals surface area contributed by atoms with Crippen molar-refractivity contribution in [2.75, 3.05) is 5.32 Å². The molecule has 2 aromatic rings. The van der Waals surface area contributed by atoms with Crippen LogP contribution in [0.4, 0.5) is 10.5 Å². The molecule has 1 aliphatic rings. The summed E-state index contributed by atoms with van der Waals surface area (Å²) in [5.74, 6) is 0. The van der Waals surface area contributed by atoms with Gasteiger partial charge in [0.25, 0.3) is 0 Å². The molecule has 0 fully saturated rings. The highest BCUT2D eigenvalue weighted by atomic mass is 35.5. The van der Waals surface area contributed by atoms with Gasteiger partial charge in [-0.1, -0.05) is 41.9 Å². The van der Waals surface area contributed by atoms with Crippen molar-refractivity contribution >= 4 is 23.4 Å². The second-order valence-corrected chi connectivity index (χ2v) is 5.56. The number of benzene rings is 2. The summed E-state index contributed by atoms with van der Waals surface area (Å²) in [5, 5.41) is 3.29. The SMILES string of the molecule is O=C(Nc1cccc(Cl)c1)O[C@@H]1CCCc2ccccc21. The fraction of sp³-hybridized carbons (Fsp3) is 0.235. The Morgan fingerprint density at radius 1 is 1.19 bits per heavy atom. The summed E-state index contributed by atoms with van der Waals surface area (Å²) in [5.41, 5.74) is 3.02. The molecule has 1 amide bonds. The van der Waals surface area contributed by atoms with E-state index < -0.39 is 6.09 Å². The van der Waals surface area contributed by atoms with Crippen LogP contribution in [0.3, 0.4) is 0 Å². The zero-order valence-corrected chi connectivity index (χ0v) is 12.3. The number of amides is 1. The predicted octanol–water partition coefficient (Wildman–Crippen LogP) is 4.97. The molecule has 4 heteroatoms. The lowest BCUT2D eigenvalue weighted by molar-refractivity contribution is 0.0999. The van der Waals surface area contributed by atoms with Crippen molar-refractivity contribution in [3.63, 3.8) is 0 Å². The van der Waals surface area contributed by atoms with Gasteiger partial charge in [-0.05, 0) is 48.6 Å². The van der Waals surface area contributed by atoms with E-state index in [0.717, 1.165) is 24.8 Å². The van der Waals surface area contributed by atoms with Crippen LogP contribution in [0, 0.1) is 0 Å². The first-order valence-corrected chi connectivity index (χ1v) is 7.41. The highest BCUT2D eigenvalue weighted by Crippen LogP contribution is 2.32. The second kappa shape index (κ2) is 6.19. The fourth-order valence-electron chi connectivity index (χ4n) is 2.67. The predicted molar refractivity (Wildman–Crippen MR) is 83.7 cm³/mol. The third kappa shape index (κ3) is 3.37. The summed E-state index contributed by atoms with van der Waals surface area (Å²) in [4.78, 5) is 12.0. The molecule has 3 rings (SSSR count). The molecule has 0 unspecified atom stereocenters. The quantitative estimate of drug-likeness (QED) is 0.851. The minimum atomic E-state index is -0.445. The number of hydrogen-bond donors (Lipinski definition) is 1. The van der Waals surface area contributed by atoms with Crippen LogP contribution in [-0.2, 0) is 11.2 Å². The summed E-state index contributed by atoms with van der Waals surface area (Å²) in [6.45, 7) is 0. The number of aryl methyl sites for hydroxylation is 1. The summed E-state index contributed by atoms with van der Waals surface area (Å²) in [6, 6.07) is 15.1. The van der Waals surface area contributed by atoms with Gasteiger partial charge >= 0.3 is 6.09 Å². The van der Waals surface area contributed by atoms with Crippen molar-refractivity contribution in [2.24, 2.45) is 0 Å². The number of ether oxygens (including phenoxy) is 1. The molecule has 0 radical (unpaired) electrons. The van der Waals surface area contributed by atoms with Gasteiger partial charge in [-0.3, -0.25) is 5.32 Å². The van der Waals surface area contributed by atoms with Gasteiger partial charge in [-0.25, -0.2) is 4.79 Å². The molecule has 0 bridgehead atoms. The van der Waals surface area contributed by atoms with Gasteiger partial charge in [0.2, 0.25) is 0 Å². The van der Waals surface area contributed by atoms with Crippen LogP contribution in [0.1, 0.15) is 30.1 Å². The molecule has 0 aliphatic heterocycles. The van der Waals surface area contributed by atoms with Gasteiger partial charge in [-0.15, -0.1) is 0 Å². The van der Waals surface area contributed by atoms with Crippen LogP contribution in [-0.4, -0.2) is 6.09 Å². The van der Waals surface area contributed by atoms with Gasteiger partial charge < -0.3 is 4.74 Å². The smallest absolute Gasteiger partial charge is 0.412 e. The molecule has 108 valence electrons. The van der Waals surface area contributed by atoms with E-state index in [-0.39, 0.29) is 6.10 Å². The number of rotatable bonds is 2. The first-order valence-electron chi connectivity index (χ1n) is 7.03. The molecule has 0 spiro atoms. The van der Waals surface area contributed by atoms with Gasteiger partial charge in [-0.2, -0.15) is 0 Å². The molecule has 1 atom stereocenters. The number of carbonyl (C=O) groups excluding carboxylic acids is 1. The maximum absolute atomic E-state index is 12.0. The molecular formula is C17H16ClNO2. The van der Waals surface area contributed by atoms with Crippen LogP contribution in [0.25, 0.3) is 0 Å². The van der Waals surface area contributed by atoms with Crippen LogP contribution in [0.15, 0.2) is 48.5 Å². The van der Waals surface area contributed by atoms with E-state index in [2.05, 4.69) is 11.4 Å². The van der Waals surface area contributed by atoms with Crippen LogP contribution >= 0.6 is 11.6 Å². The number of anilines is 1. The van der Waals surface area contributed by atoms with Crippen LogP contribution in [0.2, 0.25) is 5.02 Å². The molecule has 0 saturated heterocycles. The highest BCUT2D eigenvalue weighted by molar-refractivity contribution is 6.30. The first-order chi connectivity index (χ1) is 10.2. The molecule has 2 aromatic carbocycles. The average Bonchev–Trinajstić information content (AvgIpc) is 2.47. The number of halogens is 1. The average molecular weight is 302 g/mol. The van der Waals surface area contributed by atoms with Crippen molar-refractivity contribution in [2.45, 2.75) is 25.4 Å². The van der Waals surface area contributed by atoms with Crippen LogP contribution in [0.5, 0.6) is 0 Å². The molecule has 3 nitrogen and oxygen atoms in total. The maximum Gasteiger partial charge on any atom is 0.412 e. The Labute approximate surface area is 128 Å². The fourth-order valence-corrected chi connectivity index (χ4v) is 2.86. The summed E-state index contributed by atoms with van der Waals surface area (Å²) in [6.07, 6.45) is 2.33. The van der Waals surface area contributed by atoms with E-state index in [1.807, 2.05) is 18.2 Å². The van der Waals surface area contributed by atoms with Crippen molar-refractivity contribution in [3.8, 4) is 0 Å². The summed E-state index contributed by atoms with van der Waals surface area (Å²) >= 11 is 5.90. The van der Waals surface area contributed by atoms with E-state index >= 15 is 0 Å². The Hall–Kier alpha value is -2.00. The van der Waals surface area contributed by atoms with E-state index in [1.54, 1.807) is 24.3 Å². The Balaban J connectivity index is 1.68. The Kier molecular flexibility index (Phi) is 4.11. The van der Waals surface area contributed by atoms with E-state index in [1.165, 1.54) is 5.56 Å². The standard InChI is InChI=1S/C17H16ClNO2/c18-13-7-4-8-14(11-13)19-17(20)21-16-10-3-6-12-5-1-2-9-15(12)16/h1-2,4-5,7-9,11,16H,3,6,10H2,(H,19,20)/t16-/m1/s1. The van der Waals surface area contributed by atoms with Crippen LogP contribution < -0.4 is 5.32 Å².